The molecule has 51 heavy (non-hydrogen) atoms. The van der Waals surface area contributed by atoms with Crippen molar-refractivity contribution >= 4 is 46.9 Å². The number of nitrogens with two attached hydrogens (primary N) is 1. The van der Waals surface area contributed by atoms with E-state index in [0.717, 1.165) is 24.3 Å². The highest BCUT2D eigenvalue weighted by Crippen LogP contribution is 2.30. The maximum atomic E-state index is 13.2. The van der Waals surface area contributed by atoms with Gasteiger partial charge in [0.05, 0.1) is 17.5 Å². The van der Waals surface area contributed by atoms with Gasteiger partial charge >= 0.3 is 6.18 Å². The summed E-state index contributed by atoms with van der Waals surface area (Å²) >= 11 is 0. The number of benzene rings is 3. The Morgan fingerprint density at radius 2 is 1.59 bits per heavy atom. The molecular weight excluding hydrogens is 663 g/mol. The van der Waals surface area contributed by atoms with Gasteiger partial charge in [0, 0.05) is 28.2 Å². The molecule has 3 aromatic carbocycles. The molecule has 1 unspecified atom stereocenters. The molecule has 1 atom stereocenters. The first kappa shape index (κ1) is 39.4. The van der Waals surface area contributed by atoms with E-state index in [1.54, 1.807) is 50.3 Å². The van der Waals surface area contributed by atoms with Gasteiger partial charge in [-0.15, -0.1) is 0 Å². The second kappa shape index (κ2) is 18.7. The number of anilines is 3. The molecule has 0 aliphatic carbocycles. The normalized spacial score (nSPS) is 12.1. The minimum atomic E-state index is -4.60. The summed E-state index contributed by atoms with van der Waals surface area (Å²) in [5.41, 5.74) is 6.76. The average molecular weight is 704 g/mol. The number of aryl methyl sites for hydroxylation is 1. The number of carbonyl (C=O) groups excluding carboxylic acids is 4. The van der Waals surface area contributed by atoms with Gasteiger partial charge in [-0.3, -0.25) is 19.2 Å². The lowest BCUT2D eigenvalue weighted by Crippen LogP contribution is -2.43. The number of hydrogen-bond donors (Lipinski definition) is 6. The summed E-state index contributed by atoms with van der Waals surface area (Å²) in [6, 6.07) is 14.6. The van der Waals surface area contributed by atoms with Crippen molar-refractivity contribution in [1.29, 1.82) is 0 Å². The van der Waals surface area contributed by atoms with Crippen molar-refractivity contribution in [3.63, 3.8) is 0 Å². The van der Waals surface area contributed by atoms with E-state index < -0.39 is 41.4 Å². The molecule has 0 aliphatic heterocycles. The molecule has 0 aromatic heterocycles. The molecule has 0 fully saturated rings. The van der Waals surface area contributed by atoms with Crippen molar-refractivity contribution < 1.29 is 32.3 Å². The van der Waals surface area contributed by atoms with Crippen LogP contribution in [0.5, 0.6) is 0 Å². The Bertz CT molecular complexity index is 1840. The number of carbonyl (C=O) groups is 4. The molecule has 7 N–H and O–H groups in total. The molecular formula is C37H40F3N7O4. The van der Waals surface area contributed by atoms with Crippen molar-refractivity contribution in [3.8, 4) is 0 Å². The predicted molar refractivity (Wildman–Crippen MR) is 193 cm³/mol. The summed E-state index contributed by atoms with van der Waals surface area (Å²) < 4.78 is 39.3. The van der Waals surface area contributed by atoms with E-state index >= 15 is 0 Å². The number of hydrogen-bond acceptors (Lipinski definition) is 7. The Balaban J connectivity index is 1.63. The first-order valence-electron chi connectivity index (χ1n) is 15.8. The number of rotatable bonds is 16. The maximum absolute atomic E-state index is 13.2. The number of alkyl halides is 3. The quantitative estimate of drug-likeness (QED) is 0.0583. The number of aliphatic imine (C=N–C) groups is 1. The Morgan fingerprint density at radius 1 is 0.902 bits per heavy atom. The zero-order valence-corrected chi connectivity index (χ0v) is 28.2. The Labute approximate surface area is 294 Å². The molecule has 0 saturated heterocycles. The van der Waals surface area contributed by atoms with Crippen molar-refractivity contribution in [2.24, 2.45) is 10.7 Å². The molecule has 0 bridgehead atoms. The highest BCUT2D eigenvalue weighted by Gasteiger charge is 2.31. The summed E-state index contributed by atoms with van der Waals surface area (Å²) in [5.74, 6) is -1.94. The van der Waals surface area contributed by atoms with Crippen molar-refractivity contribution in [2.45, 2.75) is 45.3 Å². The lowest BCUT2D eigenvalue weighted by Gasteiger charge is -2.18. The third-order valence-corrected chi connectivity index (χ3v) is 7.30. The third kappa shape index (κ3) is 12.4. The number of halogens is 3. The van der Waals surface area contributed by atoms with E-state index in [9.17, 15) is 32.3 Å². The standard InChI is InChI=1S/C37H40F3N7O4/c1-5-27(44-35(50)31-21-30(17-16-23(31)3)45-34(49)25-11-9-12-26(19-25)37(38,39)40)22-42-24(4)43-28-13-10-14-29(20-28)46-36(51)32(15-7-8-18-41)47-33(48)6-2/h5-6,9-14,16-17,19-22,32,43H,2,4,7-8,15,18,41H2,1,3H3,(H,44,50)(H,45,49)(H,46,51)(H,47,48)/b27-5+,42-22-. The van der Waals surface area contributed by atoms with Gasteiger partial charge in [-0.2, -0.15) is 13.2 Å². The molecule has 3 aromatic rings. The second-order valence-corrected chi connectivity index (χ2v) is 11.2. The zero-order valence-electron chi connectivity index (χ0n) is 28.2. The van der Waals surface area contributed by atoms with Crippen LogP contribution in [0.3, 0.4) is 0 Å². The minimum absolute atomic E-state index is 0.189. The van der Waals surface area contributed by atoms with Crippen LogP contribution in [0.2, 0.25) is 0 Å². The van der Waals surface area contributed by atoms with Crippen LogP contribution >= 0.6 is 0 Å². The van der Waals surface area contributed by atoms with Crippen LogP contribution in [0.4, 0.5) is 30.2 Å². The van der Waals surface area contributed by atoms with Crippen molar-refractivity contribution in [1.82, 2.24) is 10.6 Å². The summed E-state index contributed by atoms with van der Waals surface area (Å²) in [4.78, 5) is 54.9. The minimum Gasteiger partial charge on any atom is -0.341 e. The van der Waals surface area contributed by atoms with Gasteiger partial charge in [-0.05, 0) is 99.8 Å². The Morgan fingerprint density at radius 3 is 2.25 bits per heavy atom. The Kier molecular flexibility index (Phi) is 14.4. The number of allylic oxidation sites excluding steroid dienone is 2. The molecule has 0 heterocycles. The van der Waals surface area contributed by atoms with Crippen LogP contribution < -0.4 is 32.3 Å². The maximum Gasteiger partial charge on any atom is 0.416 e. The molecule has 3 rings (SSSR count). The van der Waals surface area contributed by atoms with Crippen LogP contribution in [0, 0.1) is 6.92 Å². The van der Waals surface area contributed by atoms with Gasteiger partial charge in [-0.1, -0.05) is 37.4 Å². The Hall–Kier alpha value is -6.02. The average Bonchev–Trinajstić information content (AvgIpc) is 3.10. The largest absolute Gasteiger partial charge is 0.416 e. The summed E-state index contributed by atoms with van der Waals surface area (Å²) in [7, 11) is 0. The first-order valence-corrected chi connectivity index (χ1v) is 15.8. The zero-order chi connectivity index (χ0) is 37.6. The third-order valence-electron chi connectivity index (χ3n) is 7.30. The number of amides is 4. The van der Waals surface area contributed by atoms with E-state index in [-0.39, 0.29) is 22.6 Å². The fraction of sp³-hybridized carbons (Fsp3) is 0.216. The first-order chi connectivity index (χ1) is 24.2. The summed E-state index contributed by atoms with van der Waals surface area (Å²) in [6.45, 7) is 11.2. The van der Waals surface area contributed by atoms with Gasteiger partial charge in [0.25, 0.3) is 11.8 Å². The lowest BCUT2D eigenvalue weighted by atomic mass is 10.1. The molecule has 14 heteroatoms. The van der Waals surface area contributed by atoms with Gasteiger partial charge < -0.3 is 32.3 Å². The molecule has 268 valence electrons. The molecule has 0 radical (unpaired) electrons. The highest BCUT2D eigenvalue weighted by molar-refractivity contribution is 6.06. The van der Waals surface area contributed by atoms with E-state index in [2.05, 4.69) is 44.7 Å². The van der Waals surface area contributed by atoms with Gasteiger partial charge in [0.15, 0.2) is 0 Å². The van der Waals surface area contributed by atoms with E-state index in [1.165, 1.54) is 24.4 Å². The number of unbranched alkanes of at least 4 members (excludes halogenated alkanes) is 1. The van der Waals surface area contributed by atoms with Crippen molar-refractivity contribution in [3.05, 3.63) is 126 Å². The predicted octanol–water partition coefficient (Wildman–Crippen LogP) is 6.29. The van der Waals surface area contributed by atoms with E-state index in [0.29, 0.717) is 48.4 Å². The van der Waals surface area contributed by atoms with Crippen molar-refractivity contribution in [2.75, 3.05) is 22.5 Å². The lowest BCUT2D eigenvalue weighted by molar-refractivity contribution is -0.137. The SMILES string of the molecule is C=CC(=O)NC(CCCCN)C(=O)Nc1cccc(NC(=C)/N=C\C(=C/C)NC(=O)c2cc(NC(=O)c3cccc(C(F)(F)F)c3)ccc2C)c1. The molecule has 0 aliphatic rings. The fourth-order valence-corrected chi connectivity index (χ4v) is 4.60. The van der Waals surface area contributed by atoms with Gasteiger partial charge in [0.1, 0.15) is 11.9 Å². The van der Waals surface area contributed by atoms with Crippen LogP contribution in [0.1, 0.15) is 58.0 Å². The van der Waals surface area contributed by atoms with Crippen LogP contribution in [0.25, 0.3) is 0 Å². The number of nitrogens with zero attached hydrogens (tertiary/aromatic N) is 1. The second-order valence-electron chi connectivity index (χ2n) is 11.2. The van der Waals surface area contributed by atoms with Crippen LogP contribution in [-0.4, -0.2) is 42.4 Å². The molecule has 4 amide bonds. The van der Waals surface area contributed by atoms with E-state index in [1.807, 2.05) is 0 Å². The van der Waals surface area contributed by atoms with Crippen LogP contribution in [-0.2, 0) is 15.8 Å². The van der Waals surface area contributed by atoms with Gasteiger partial charge in [-0.25, -0.2) is 4.99 Å². The highest BCUT2D eigenvalue weighted by atomic mass is 19.4. The van der Waals surface area contributed by atoms with E-state index in [4.69, 9.17) is 5.73 Å². The topological polar surface area (TPSA) is 167 Å². The molecule has 0 spiro atoms. The summed E-state index contributed by atoms with van der Waals surface area (Å²) in [6.07, 6.45) is 1.23. The summed E-state index contributed by atoms with van der Waals surface area (Å²) in [5, 5.41) is 13.7. The molecule has 11 nitrogen and oxygen atoms in total. The fourth-order valence-electron chi connectivity index (χ4n) is 4.60. The monoisotopic (exact) mass is 703 g/mol. The molecule has 0 saturated carbocycles. The smallest absolute Gasteiger partial charge is 0.341 e. The number of nitrogens with one attached hydrogen (secondary N) is 5. The van der Waals surface area contributed by atoms with Crippen LogP contribution in [0.15, 0.2) is 109 Å². The van der Waals surface area contributed by atoms with Gasteiger partial charge in [0.2, 0.25) is 11.8 Å².